The number of sulfone groups is 1. The molecule has 1 aromatic carbocycles. The van der Waals surface area contributed by atoms with Crippen molar-refractivity contribution in [3.05, 3.63) is 48.3 Å². The summed E-state index contributed by atoms with van der Waals surface area (Å²) < 4.78 is 39.5. The number of hydrogen-bond acceptors (Lipinski definition) is 4. The molecule has 1 N–H and O–H groups in total. The molecule has 2 heterocycles. The fourth-order valence-electron chi connectivity index (χ4n) is 3.11. The van der Waals surface area contributed by atoms with Crippen molar-refractivity contribution in [1.29, 1.82) is 0 Å². The van der Waals surface area contributed by atoms with Crippen molar-refractivity contribution in [1.82, 2.24) is 19.8 Å². The van der Waals surface area contributed by atoms with E-state index in [4.69, 9.17) is 0 Å². The van der Waals surface area contributed by atoms with Crippen LogP contribution in [0.2, 0.25) is 0 Å². The highest BCUT2D eigenvalue weighted by Crippen LogP contribution is 2.23. The summed E-state index contributed by atoms with van der Waals surface area (Å²) in [6.45, 7) is 4.59. The van der Waals surface area contributed by atoms with Crippen molar-refractivity contribution in [3.63, 3.8) is 0 Å². The molecule has 1 aliphatic heterocycles. The maximum atomic E-state index is 14.4. The van der Waals surface area contributed by atoms with Crippen LogP contribution in [0.4, 0.5) is 4.39 Å². The molecule has 0 saturated carbocycles. The number of benzene rings is 1. The number of hydrogen-bond donors (Lipinski definition) is 1. The van der Waals surface area contributed by atoms with Gasteiger partial charge in [-0.25, -0.2) is 17.8 Å². The largest absolute Gasteiger partial charge is 0.352 e. The summed E-state index contributed by atoms with van der Waals surface area (Å²) in [5.41, 5.74) is 1.20. The number of imidazole rings is 1. The fraction of sp³-hybridized carbons (Fsp3) is 0.444. The second-order valence-electron chi connectivity index (χ2n) is 7.16. The van der Waals surface area contributed by atoms with Gasteiger partial charge in [-0.2, -0.15) is 0 Å². The van der Waals surface area contributed by atoms with E-state index in [0.717, 1.165) is 5.56 Å². The van der Waals surface area contributed by atoms with Gasteiger partial charge in [0.05, 0.1) is 22.5 Å². The standard InChI is InChI=1S/C18H24FN5O2S.HI/c1-18(2)12-23(8-9-27(18,25)26)17(20-3)22-11-14-4-5-16(15(19)10-14)24-7-6-21-13-24;/h4-7,10,13H,8-9,11-12H2,1-3H3,(H,20,22);1H. The Balaban J connectivity index is 0.00000280. The molecule has 3 rings (SSSR count). The zero-order valence-electron chi connectivity index (χ0n) is 16.1. The van der Waals surface area contributed by atoms with Crippen molar-refractivity contribution in [2.24, 2.45) is 4.99 Å². The number of halogens is 2. The molecular formula is C18H25FIN5O2S. The van der Waals surface area contributed by atoms with Gasteiger partial charge in [-0.3, -0.25) is 4.99 Å². The van der Waals surface area contributed by atoms with E-state index in [1.165, 1.54) is 6.07 Å². The predicted octanol–water partition coefficient (Wildman–Crippen LogP) is 2.21. The molecule has 1 saturated heterocycles. The third-order valence-corrected chi connectivity index (χ3v) is 7.33. The Morgan fingerprint density at radius 1 is 1.39 bits per heavy atom. The lowest BCUT2D eigenvalue weighted by Crippen LogP contribution is -2.57. The number of aliphatic imine (C=N–C) groups is 1. The Bertz CT molecular complexity index is 945. The first kappa shape index (κ1) is 22.6. The molecule has 10 heteroatoms. The van der Waals surface area contributed by atoms with Gasteiger partial charge in [0.2, 0.25) is 0 Å². The molecule has 1 aliphatic rings. The summed E-state index contributed by atoms with van der Waals surface area (Å²) >= 11 is 0. The van der Waals surface area contributed by atoms with Crippen molar-refractivity contribution in [2.75, 3.05) is 25.9 Å². The molecule has 0 aliphatic carbocycles. The van der Waals surface area contributed by atoms with Crippen LogP contribution in [-0.2, 0) is 16.4 Å². The summed E-state index contributed by atoms with van der Waals surface area (Å²) in [5.74, 6) is 0.360. The van der Waals surface area contributed by atoms with E-state index in [9.17, 15) is 12.8 Å². The Morgan fingerprint density at radius 2 is 2.14 bits per heavy atom. The summed E-state index contributed by atoms with van der Waals surface area (Å²) in [7, 11) is -1.46. The number of guanidine groups is 1. The lowest BCUT2D eigenvalue weighted by Gasteiger charge is -2.39. The van der Waals surface area contributed by atoms with Crippen LogP contribution in [0.25, 0.3) is 5.69 Å². The van der Waals surface area contributed by atoms with Gasteiger partial charge in [-0.05, 0) is 31.5 Å². The summed E-state index contributed by atoms with van der Waals surface area (Å²) in [4.78, 5) is 10.1. The van der Waals surface area contributed by atoms with Gasteiger partial charge in [-0.1, -0.05) is 6.07 Å². The Labute approximate surface area is 182 Å². The maximum absolute atomic E-state index is 14.4. The summed E-state index contributed by atoms with van der Waals surface area (Å²) in [6, 6.07) is 5.01. The second-order valence-corrected chi connectivity index (χ2v) is 9.90. The lowest BCUT2D eigenvalue weighted by molar-refractivity contribution is 0.353. The molecule has 0 unspecified atom stereocenters. The van der Waals surface area contributed by atoms with Crippen molar-refractivity contribution >= 4 is 39.8 Å². The number of aromatic nitrogens is 2. The van der Waals surface area contributed by atoms with Crippen LogP contribution >= 0.6 is 24.0 Å². The monoisotopic (exact) mass is 521 g/mol. The molecule has 0 amide bonds. The zero-order valence-corrected chi connectivity index (χ0v) is 19.2. The molecular weight excluding hydrogens is 496 g/mol. The third kappa shape index (κ3) is 4.65. The summed E-state index contributed by atoms with van der Waals surface area (Å²) in [6.07, 6.45) is 4.83. The molecule has 1 fully saturated rings. The average molecular weight is 521 g/mol. The van der Waals surface area contributed by atoms with E-state index in [0.29, 0.717) is 31.3 Å². The average Bonchev–Trinajstić information content (AvgIpc) is 3.13. The van der Waals surface area contributed by atoms with Gasteiger partial charge in [0.1, 0.15) is 5.82 Å². The highest BCUT2D eigenvalue weighted by atomic mass is 127. The zero-order chi connectivity index (χ0) is 19.7. The highest BCUT2D eigenvalue weighted by Gasteiger charge is 2.40. The number of nitrogens with zero attached hydrogens (tertiary/aromatic N) is 4. The van der Waals surface area contributed by atoms with Crippen molar-refractivity contribution in [3.8, 4) is 5.69 Å². The Hall–Kier alpha value is -1.69. The fourth-order valence-corrected chi connectivity index (χ4v) is 4.48. The van der Waals surface area contributed by atoms with Crippen LogP contribution in [0.15, 0.2) is 41.9 Å². The van der Waals surface area contributed by atoms with E-state index in [1.54, 1.807) is 50.2 Å². The normalized spacial score (nSPS) is 18.4. The Morgan fingerprint density at radius 3 is 2.71 bits per heavy atom. The maximum Gasteiger partial charge on any atom is 0.193 e. The molecule has 0 atom stereocenters. The van der Waals surface area contributed by atoms with Gasteiger partial charge >= 0.3 is 0 Å². The molecule has 0 bridgehead atoms. The Kier molecular flexibility index (Phi) is 7.07. The quantitative estimate of drug-likeness (QED) is 0.381. The molecule has 154 valence electrons. The van der Waals surface area contributed by atoms with Gasteiger partial charge in [0.25, 0.3) is 0 Å². The first-order valence-electron chi connectivity index (χ1n) is 8.68. The summed E-state index contributed by atoms with van der Waals surface area (Å²) in [5, 5.41) is 3.20. The van der Waals surface area contributed by atoms with Crippen LogP contribution in [0.5, 0.6) is 0 Å². The van der Waals surface area contributed by atoms with Crippen molar-refractivity contribution < 1.29 is 12.8 Å². The molecule has 2 aromatic rings. The van der Waals surface area contributed by atoms with E-state index < -0.39 is 14.6 Å². The van der Waals surface area contributed by atoms with Gasteiger partial charge in [0, 0.05) is 39.1 Å². The predicted molar refractivity (Wildman–Crippen MR) is 119 cm³/mol. The van der Waals surface area contributed by atoms with Crippen LogP contribution in [0.3, 0.4) is 0 Å². The number of nitrogens with one attached hydrogen (secondary N) is 1. The van der Waals surface area contributed by atoms with Crippen LogP contribution < -0.4 is 5.32 Å². The SMILES string of the molecule is CN=C(NCc1ccc(-n2ccnc2)c(F)c1)N1CCS(=O)(=O)C(C)(C)C1.I. The minimum atomic E-state index is -3.12. The van der Waals surface area contributed by atoms with Crippen molar-refractivity contribution in [2.45, 2.75) is 25.1 Å². The molecule has 1 aromatic heterocycles. The van der Waals surface area contributed by atoms with E-state index in [1.807, 2.05) is 11.0 Å². The number of rotatable bonds is 3. The molecule has 28 heavy (non-hydrogen) atoms. The minimum Gasteiger partial charge on any atom is -0.352 e. The van der Waals surface area contributed by atoms with Crippen LogP contribution in [0, 0.1) is 5.82 Å². The van der Waals surface area contributed by atoms with Gasteiger partial charge in [-0.15, -0.1) is 24.0 Å². The van der Waals surface area contributed by atoms with Crippen LogP contribution in [0.1, 0.15) is 19.4 Å². The smallest absolute Gasteiger partial charge is 0.193 e. The van der Waals surface area contributed by atoms with E-state index in [2.05, 4.69) is 15.3 Å². The lowest BCUT2D eigenvalue weighted by atomic mass is 10.2. The van der Waals surface area contributed by atoms with Gasteiger partial charge < -0.3 is 14.8 Å². The third-order valence-electron chi connectivity index (χ3n) is 4.80. The topological polar surface area (TPSA) is 79.6 Å². The van der Waals surface area contributed by atoms with E-state index >= 15 is 0 Å². The van der Waals surface area contributed by atoms with Gasteiger partial charge in [0.15, 0.2) is 15.8 Å². The molecule has 0 radical (unpaired) electrons. The molecule has 7 nitrogen and oxygen atoms in total. The highest BCUT2D eigenvalue weighted by molar-refractivity contribution is 14.0. The second kappa shape index (κ2) is 8.76. The first-order valence-corrected chi connectivity index (χ1v) is 10.3. The van der Waals surface area contributed by atoms with E-state index in [-0.39, 0.29) is 35.5 Å². The minimum absolute atomic E-state index is 0. The van der Waals surface area contributed by atoms with Crippen LogP contribution in [-0.4, -0.2) is 59.5 Å². The molecule has 0 spiro atoms. The first-order chi connectivity index (χ1) is 12.7.